The molecule has 24 heavy (non-hydrogen) atoms. The van der Waals surface area contributed by atoms with Gasteiger partial charge in [-0.1, -0.05) is 30.3 Å². The molecule has 0 bridgehead atoms. The van der Waals surface area contributed by atoms with Crippen molar-refractivity contribution in [1.29, 1.82) is 0 Å². The number of fused-ring (bicyclic) bond motifs is 1. The normalized spacial score (nSPS) is 11.7. The number of pyridine rings is 1. The highest BCUT2D eigenvalue weighted by atomic mass is 16.5. The third-order valence-electron chi connectivity index (χ3n) is 3.57. The van der Waals surface area contributed by atoms with Crippen LogP contribution >= 0.6 is 0 Å². The number of carbonyl (C=O) groups is 2. The van der Waals surface area contributed by atoms with Crippen molar-refractivity contribution in [1.82, 2.24) is 4.98 Å². The predicted octanol–water partition coefficient (Wildman–Crippen LogP) is 3.42. The average Bonchev–Trinajstić information content (AvgIpc) is 2.62. The number of rotatable bonds is 4. The van der Waals surface area contributed by atoms with Gasteiger partial charge in [0.1, 0.15) is 0 Å². The van der Waals surface area contributed by atoms with Crippen LogP contribution in [0.15, 0.2) is 67.0 Å². The van der Waals surface area contributed by atoms with Gasteiger partial charge in [-0.2, -0.15) is 0 Å². The van der Waals surface area contributed by atoms with Crippen molar-refractivity contribution in [2.75, 3.05) is 5.32 Å². The van der Waals surface area contributed by atoms with Crippen molar-refractivity contribution >= 4 is 28.3 Å². The zero-order valence-electron chi connectivity index (χ0n) is 13.1. The molecule has 3 aromatic rings. The first-order valence-electron chi connectivity index (χ1n) is 7.54. The number of anilines is 1. The van der Waals surface area contributed by atoms with Crippen LogP contribution in [0.2, 0.25) is 0 Å². The Labute approximate surface area is 139 Å². The first kappa shape index (κ1) is 15.7. The van der Waals surface area contributed by atoms with Gasteiger partial charge in [-0.05, 0) is 42.0 Å². The van der Waals surface area contributed by atoms with E-state index < -0.39 is 12.1 Å². The number of nitrogens with zero attached hydrogens (tertiary/aromatic N) is 1. The minimum atomic E-state index is -0.913. The molecule has 0 unspecified atom stereocenters. The summed E-state index contributed by atoms with van der Waals surface area (Å²) in [6.07, 6.45) is 2.05. The minimum absolute atomic E-state index is 0.308. The number of amides is 1. The van der Waals surface area contributed by atoms with Crippen molar-refractivity contribution in [2.24, 2.45) is 0 Å². The number of ether oxygens (including phenoxy) is 1. The number of esters is 1. The molecule has 0 aliphatic carbocycles. The molecular weight excluding hydrogens is 304 g/mol. The third kappa shape index (κ3) is 3.57. The summed E-state index contributed by atoms with van der Waals surface area (Å²) < 4.78 is 5.17. The first-order valence-corrected chi connectivity index (χ1v) is 7.54. The average molecular weight is 320 g/mol. The molecule has 5 nitrogen and oxygen atoms in total. The van der Waals surface area contributed by atoms with E-state index in [9.17, 15) is 9.59 Å². The maximum atomic E-state index is 12.2. The molecule has 0 aliphatic heterocycles. The summed E-state index contributed by atoms with van der Waals surface area (Å²) in [6.45, 7) is 1.53. The molecule has 1 heterocycles. The van der Waals surface area contributed by atoms with Crippen LogP contribution in [0.25, 0.3) is 10.8 Å². The number of carbonyl (C=O) groups excluding carboxylic acids is 2. The van der Waals surface area contributed by atoms with Crippen LogP contribution in [0.5, 0.6) is 0 Å². The second kappa shape index (κ2) is 6.91. The molecule has 0 spiro atoms. The molecule has 0 aliphatic rings. The largest absolute Gasteiger partial charge is 0.449 e. The highest BCUT2D eigenvalue weighted by Crippen LogP contribution is 2.19. The highest BCUT2D eigenvalue weighted by molar-refractivity contribution is 5.98. The smallest absolute Gasteiger partial charge is 0.340 e. The number of benzene rings is 2. The second-order valence-electron chi connectivity index (χ2n) is 5.34. The molecule has 0 fully saturated rings. The number of hydrogen-bond donors (Lipinski definition) is 1. The molecule has 1 amide bonds. The van der Waals surface area contributed by atoms with E-state index in [1.807, 2.05) is 42.5 Å². The van der Waals surface area contributed by atoms with Crippen LogP contribution in [0.3, 0.4) is 0 Å². The van der Waals surface area contributed by atoms with E-state index >= 15 is 0 Å². The monoisotopic (exact) mass is 320 g/mol. The van der Waals surface area contributed by atoms with Gasteiger partial charge in [-0.15, -0.1) is 0 Å². The molecule has 120 valence electrons. The van der Waals surface area contributed by atoms with Gasteiger partial charge in [-0.3, -0.25) is 9.78 Å². The maximum absolute atomic E-state index is 12.2. The Morgan fingerprint density at radius 2 is 1.83 bits per heavy atom. The van der Waals surface area contributed by atoms with Crippen LogP contribution in [0.4, 0.5) is 5.69 Å². The molecule has 5 heteroatoms. The fourth-order valence-corrected chi connectivity index (χ4v) is 2.28. The van der Waals surface area contributed by atoms with E-state index in [-0.39, 0.29) is 5.91 Å². The lowest BCUT2D eigenvalue weighted by molar-refractivity contribution is -0.123. The third-order valence-corrected chi connectivity index (χ3v) is 3.57. The Morgan fingerprint density at radius 1 is 1.04 bits per heavy atom. The number of nitrogens with one attached hydrogen (secondary N) is 1. The van der Waals surface area contributed by atoms with Crippen LogP contribution in [0, 0.1) is 0 Å². The zero-order chi connectivity index (χ0) is 16.9. The Balaban J connectivity index is 1.66. The van der Waals surface area contributed by atoms with Gasteiger partial charge < -0.3 is 10.1 Å². The van der Waals surface area contributed by atoms with Crippen molar-refractivity contribution < 1.29 is 14.3 Å². The van der Waals surface area contributed by atoms with Gasteiger partial charge in [0.15, 0.2) is 6.10 Å². The zero-order valence-corrected chi connectivity index (χ0v) is 13.1. The Hall–Kier alpha value is -3.21. The van der Waals surface area contributed by atoms with Crippen LogP contribution < -0.4 is 5.32 Å². The van der Waals surface area contributed by atoms with Crippen molar-refractivity contribution in [2.45, 2.75) is 13.0 Å². The van der Waals surface area contributed by atoms with Gasteiger partial charge in [0.2, 0.25) is 0 Å². The van der Waals surface area contributed by atoms with Gasteiger partial charge >= 0.3 is 5.97 Å². The van der Waals surface area contributed by atoms with Gasteiger partial charge in [0.05, 0.1) is 5.56 Å². The quantitative estimate of drug-likeness (QED) is 0.748. The van der Waals surface area contributed by atoms with Gasteiger partial charge in [0.25, 0.3) is 5.91 Å². The van der Waals surface area contributed by atoms with E-state index in [2.05, 4.69) is 10.3 Å². The standard InChI is InChI=1S/C19H16N2O3/c1-13(24-19(23)16-7-4-10-20-12-16)18(22)21-17-9-8-14-5-2-3-6-15(14)11-17/h2-13H,1H3,(H,21,22)/t13-/m0/s1. The van der Waals surface area contributed by atoms with Gasteiger partial charge in [0, 0.05) is 18.1 Å². The summed E-state index contributed by atoms with van der Waals surface area (Å²) in [7, 11) is 0. The minimum Gasteiger partial charge on any atom is -0.449 e. The molecule has 0 saturated carbocycles. The molecule has 1 atom stereocenters. The van der Waals surface area contributed by atoms with Crippen molar-refractivity contribution in [3.05, 3.63) is 72.6 Å². The lowest BCUT2D eigenvalue weighted by Crippen LogP contribution is -2.30. The fraction of sp³-hybridized carbons (Fsp3) is 0.105. The van der Waals surface area contributed by atoms with Crippen LogP contribution in [-0.4, -0.2) is 23.0 Å². The van der Waals surface area contributed by atoms with Crippen LogP contribution in [0.1, 0.15) is 17.3 Å². The van der Waals surface area contributed by atoms with Crippen molar-refractivity contribution in [3.8, 4) is 0 Å². The lowest BCUT2D eigenvalue weighted by Gasteiger charge is -2.13. The topological polar surface area (TPSA) is 68.3 Å². The molecule has 0 saturated heterocycles. The maximum Gasteiger partial charge on any atom is 0.340 e. The van der Waals surface area contributed by atoms with E-state index in [1.165, 1.54) is 13.1 Å². The summed E-state index contributed by atoms with van der Waals surface area (Å²) >= 11 is 0. The number of aromatic nitrogens is 1. The van der Waals surface area contributed by atoms with E-state index in [0.717, 1.165) is 10.8 Å². The second-order valence-corrected chi connectivity index (χ2v) is 5.34. The summed E-state index contributed by atoms with van der Waals surface area (Å²) in [5.74, 6) is -0.966. The fourth-order valence-electron chi connectivity index (χ4n) is 2.28. The molecule has 2 aromatic carbocycles. The first-order chi connectivity index (χ1) is 11.6. The molecule has 1 N–H and O–H groups in total. The van der Waals surface area contributed by atoms with Crippen molar-refractivity contribution in [3.63, 3.8) is 0 Å². The Bertz CT molecular complexity index is 878. The Morgan fingerprint density at radius 3 is 2.58 bits per heavy atom. The van der Waals surface area contributed by atoms with Crippen LogP contribution in [-0.2, 0) is 9.53 Å². The molecular formula is C19H16N2O3. The van der Waals surface area contributed by atoms with E-state index in [0.29, 0.717) is 11.3 Å². The summed E-state index contributed by atoms with van der Waals surface area (Å²) in [5, 5.41) is 4.87. The Kier molecular flexibility index (Phi) is 4.52. The lowest BCUT2D eigenvalue weighted by atomic mass is 10.1. The highest BCUT2D eigenvalue weighted by Gasteiger charge is 2.19. The summed E-state index contributed by atoms with van der Waals surface area (Å²) in [5.41, 5.74) is 0.964. The van der Waals surface area contributed by atoms with E-state index in [4.69, 9.17) is 4.74 Å². The van der Waals surface area contributed by atoms with E-state index in [1.54, 1.807) is 18.3 Å². The summed E-state index contributed by atoms with van der Waals surface area (Å²) in [6, 6.07) is 16.7. The SMILES string of the molecule is C[C@H](OC(=O)c1cccnc1)C(=O)Nc1ccc2ccccc2c1. The molecule has 1 aromatic heterocycles. The number of hydrogen-bond acceptors (Lipinski definition) is 4. The van der Waals surface area contributed by atoms with Gasteiger partial charge in [-0.25, -0.2) is 4.79 Å². The predicted molar refractivity (Wildman–Crippen MR) is 91.7 cm³/mol. The molecule has 0 radical (unpaired) electrons. The summed E-state index contributed by atoms with van der Waals surface area (Å²) in [4.78, 5) is 28.0. The molecule has 3 rings (SSSR count).